The molecule has 2 heterocycles. The van der Waals surface area contributed by atoms with E-state index in [0.29, 0.717) is 6.42 Å². The predicted molar refractivity (Wildman–Crippen MR) is 136 cm³/mol. The molecule has 0 spiro atoms. The topological polar surface area (TPSA) is 96.7 Å². The monoisotopic (exact) mass is 491 g/mol. The molecule has 190 valence electrons. The first-order valence-corrected chi connectivity index (χ1v) is 13.1. The van der Waals surface area contributed by atoms with E-state index in [4.69, 9.17) is 4.74 Å². The number of ether oxygens (including phenoxy) is 1. The van der Waals surface area contributed by atoms with Crippen LogP contribution >= 0.6 is 11.3 Å². The normalized spacial score (nSPS) is 32.1. The molecule has 2 rings (SSSR count). The van der Waals surface area contributed by atoms with Crippen LogP contribution in [0, 0.1) is 24.2 Å². The van der Waals surface area contributed by atoms with Gasteiger partial charge < -0.3 is 14.9 Å². The van der Waals surface area contributed by atoms with Gasteiger partial charge >= 0.3 is 5.97 Å². The number of cyclic esters (lactones) is 1. The SMILES string of the molecule is C/C1=C/CCC[C@@H](C)[C@@H](O)[C@@H](C)C(=O)C(C)(C)[C@@H](O)CC(=O)O[C@@H](/C(C)=C/c2csc(C)n2)C1. The molecule has 0 saturated carbocycles. The number of aryl methyl sites for hydroxylation is 1. The smallest absolute Gasteiger partial charge is 0.309 e. The Hall–Kier alpha value is -1.83. The summed E-state index contributed by atoms with van der Waals surface area (Å²) in [6.45, 7) is 12.8. The van der Waals surface area contributed by atoms with Gasteiger partial charge in [0.25, 0.3) is 0 Å². The maximum absolute atomic E-state index is 13.2. The van der Waals surface area contributed by atoms with Gasteiger partial charge in [-0.3, -0.25) is 9.59 Å². The number of nitrogens with zero attached hydrogens (tertiary/aromatic N) is 1. The average molecular weight is 492 g/mol. The van der Waals surface area contributed by atoms with Crippen LogP contribution in [0.4, 0.5) is 0 Å². The number of rotatable bonds is 2. The Labute approximate surface area is 208 Å². The maximum Gasteiger partial charge on any atom is 0.309 e. The second kappa shape index (κ2) is 12.2. The molecule has 0 amide bonds. The van der Waals surface area contributed by atoms with E-state index in [2.05, 4.69) is 11.1 Å². The lowest BCUT2D eigenvalue weighted by molar-refractivity contribution is -0.154. The second-order valence-electron chi connectivity index (χ2n) is 10.4. The Bertz CT molecular complexity index is 916. The molecule has 1 aliphatic rings. The van der Waals surface area contributed by atoms with Gasteiger partial charge in [-0.2, -0.15) is 0 Å². The Morgan fingerprint density at radius 2 is 1.88 bits per heavy atom. The third-order valence-electron chi connectivity index (χ3n) is 6.99. The van der Waals surface area contributed by atoms with Crippen LogP contribution in [0.15, 0.2) is 22.6 Å². The summed E-state index contributed by atoms with van der Waals surface area (Å²) in [5.41, 5.74) is 1.63. The second-order valence-corrected chi connectivity index (χ2v) is 11.5. The lowest BCUT2D eigenvalue weighted by Crippen LogP contribution is -2.45. The molecule has 0 radical (unpaired) electrons. The Morgan fingerprint density at radius 1 is 1.21 bits per heavy atom. The van der Waals surface area contributed by atoms with Gasteiger partial charge in [-0.15, -0.1) is 11.3 Å². The Morgan fingerprint density at radius 3 is 2.50 bits per heavy atom. The lowest BCUT2D eigenvalue weighted by Gasteiger charge is -2.34. The first-order chi connectivity index (χ1) is 15.8. The number of aliphatic hydroxyl groups is 2. The number of hydrogen-bond donors (Lipinski definition) is 2. The van der Waals surface area contributed by atoms with E-state index in [9.17, 15) is 19.8 Å². The third-order valence-corrected chi connectivity index (χ3v) is 7.79. The highest BCUT2D eigenvalue weighted by Gasteiger charge is 2.42. The Balaban J connectivity index is 2.33. The molecule has 0 aromatic carbocycles. The minimum absolute atomic E-state index is 0.0436. The van der Waals surface area contributed by atoms with E-state index < -0.39 is 35.6 Å². The van der Waals surface area contributed by atoms with Crippen LogP contribution in [-0.2, 0) is 14.3 Å². The van der Waals surface area contributed by atoms with E-state index in [1.807, 2.05) is 39.2 Å². The summed E-state index contributed by atoms with van der Waals surface area (Å²) in [6, 6.07) is 0. The van der Waals surface area contributed by atoms with Crippen molar-refractivity contribution in [2.45, 2.75) is 98.9 Å². The van der Waals surface area contributed by atoms with Crippen molar-refractivity contribution < 1.29 is 24.5 Å². The van der Waals surface area contributed by atoms with Crippen LogP contribution in [-0.4, -0.2) is 45.3 Å². The molecule has 5 atom stereocenters. The molecule has 7 heteroatoms. The van der Waals surface area contributed by atoms with Crippen molar-refractivity contribution in [2.75, 3.05) is 0 Å². The fourth-order valence-electron chi connectivity index (χ4n) is 4.42. The summed E-state index contributed by atoms with van der Waals surface area (Å²) in [5, 5.41) is 24.5. The summed E-state index contributed by atoms with van der Waals surface area (Å²) in [5.74, 6) is -1.48. The molecule has 0 saturated heterocycles. The fourth-order valence-corrected chi connectivity index (χ4v) is 4.99. The van der Waals surface area contributed by atoms with Crippen molar-refractivity contribution in [3.63, 3.8) is 0 Å². The average Bonchev–Trinajstić information content (AvgIpc) is 3.17. The van der Waals surface area contributed by atoms with Gasteiger partial charge in [-0.05, 0) is 57.6 Å². The van der Waals surface area contributed by atoms with E-state index >= 15 is 0 Å². The van der Waals surface area contributed by atoms with Gasteiger partial charge in [0.05, 0.1) is 34.7 Å². The first kappa shape index (κ1) is 28.4. The molecular weight excluding hydrogens is 450 g/mol. The van der Waals surface area contributed by atoms with Crippen LogP contribution < -0.4 is 0 Å². The van der Waals surface area contributed by atoms with Crippen molar-refractivity contribution in [1.82, 2.24) is 4.98 Å². The number of esters is 1. The number of hydrogen-bond acceptors (Lipinski definition) is 7. The molecule has 0 aliphatic carbocycles. The van der Waals surface area contributed by atoms with Gasteiger partial charge in [-0.25, -0.2) is 4.98 Å². The highest BCUT2D eigenvalue weighted by Crippen LogP contribution is 2.32. The number of carbonyl (C=O) groups excluding carboxylic acids is 2. The largest absolute Gasteiger partial charge is 0.457 e. The summed E-state index contributed by atoms with van der Waals surface area (Å²) < 4.78 is 5.83. The summed E-state index contributed by atoms with van der Waals surface area (Å²) in [7, 11) is 0. The zero-order chi connectivity index (χ0) is 25.6. The number of ketones is 1. The van der Waals surface area contributed by atoms with Crippen LogP contribution in [0.5, 0.6) is 0 Å². The van der Waals surface area contributed by atoms with Crippen LogP contribution in [0.25, 0.3) is 6.08 Å². The molecule has 1 aliphatic heterocycles. The number of thiazole rings is 1. The highest BCUT2D eigenvalue weighted by atomic mass is 32.1. The zero-order valence-corrected chi connectivity index (χ0v) is 22.4. The lowest BCUT2D eigenvalue weighted by atomic mass is 9.73. The van der Waals surface area contributed by atoms with Crippen LogP contribution in [0.2, 0.25) is 0 Å². The molecular formula is C27H41NO5S. The predicted octanol–water partition coefficient (Wildman–Crippen LogP) is 5.27. The number of allylic oxidation sites excluding steroid dienone is 1. The van der Waals surface area contributed by atoms with Gasteiger partial charge in [-0.1, -0.05) is 39.3 Å². The zero-order valence-electron chi connectivity index (χ0n) is 21.6. The third kappa shape index (κ3) is 7.59. The standard InChI is InChI=1S/C27H41NO5S/c1-16-10-8-9-11-17(2)25(31)19(4)26(32)27(6,7)23(29)14-24(30)33-22(12-16)18(3)13-21-15-34-20(5)28-21/h10,13,15,17,19,22-23,25,29,31H,8-9,11-12,14H2,1-7H3/b16-10-,18-13+/t17-,19-,22-,23+,25-/m1/s1. The van der Waals surface area contributed by atoms with Gasteiger partial charge in [0.2, 0.25) is 0 Å². The van der Waals surface area contributed by atoms with Crippen LogP contribution in [0.1, 0.15) is 84.3 Å². The quantitative estimate of drug-likeness (QED) is 0.432. The molecule has 1 aromatic heterocycles. The number of Topliss-reactive ketones (excluding diaryl/α,β-unsaturated/α-hetero) is 1. The van der Waals surface area contributed by atoms with Gasteiger partial charge in [0.1, 0.15) is 11.9 Å². The molecule has 6 nitrogen and oxygen atoms in total. The molecule has 34 heavy (non-hydrogen) atoms. The summed E-state index contributed by atoms with van der Waals surface area (Å²) >= 11 is 1.56. The summed E-state index contributed by atoms with van der Waals surface area (Å²) in [6.07, 6.45) is 4.38. The number of aromatic nitrogens is 1. The summed E-state index contributed by atoms with van der Waals surface area (Å²) in [4.78, 5) is 30.5. The molecule has 1 aromatic rings. The number of aliphatic hydroxyl groups excluding tert-OH is 2. The van der Waals surface area contributed by atoms with Gasteiger partial charge in [0, 0.05) is 17.7 Å². The van der Waals surface area contributed by atoms with Crippen molar-refractivity contribution in [1.29, 1.82) is 0 Å². The van der Waals surface area contributed by atoms with Crippen LogP contribution in [0.3, 0.4) is 0 Å². The minimum atomic E-state index is -1.21. The van der Waals surface area contributed by atoms with E-state index in [0.717, 1.165) is 41.1 Å². The maximum atomic E-state index is 13.2. The van der Waals surface area contributed by atoms with Crippen molar-refractivity contribution in [3.05, 3.63) is 33.3 Å². The van der Waals surface area contributed by atoms with E-state index in [-0.39, 0.29) is 18.1 Å². The molecule has 0 bridgehead atoms. The van der Waals surface area contributed by atoms with E-state index in [1.165, 1.54) is 0 Å². The van der Waals surface area contributed by atoms with Crippen molar-refractivity contribution in [3.8, 4) is 0 Å². The highest BCUT2D eigenvalue weighted by molar-refractivity contribution is 7.09. The van der Waals surface area contributed by atoms with Gasteiger partial charge in [0.15, 0.2) is 0 Å². The van der Waals surface area contributed by atoms with E-state index in [1.54, 1.807) is 32.1 Å². The number of carbonyl (C=O) groups is 2. The minimum Gasteiger partial charge on any atom is -0.457 e. The fraction of sp³-hybridized carbons (Fsp3) is 0.667. The Kier molecular flexibility index (Phi) is 10.2. The van der Waals surface area contributed by atoms with Crippen molar-refractivity contribution >= 4 is 29.2 Å². The molecule has 2 N–H and O–H groups in total. The first-order valence-electron chi connectivity index (χ1n) is 12.2. The molecule has 0 unspecified atom stereocenters. The molecule has 0 fully saturated rings. The van der Waals surface area contributed by atoms with Crippen molar-refractivity contribution in [2.24, 2.45) is 17.3 Å².